The van der Waals surface area contributed by atoms with E-state index in [-0.39, 0.29) is 11.6 Å². The lowest BCUT2D eigenvalue weighted by Crippen LogP contribution is -2.49. The maximum Gasteiger partial charge on any atom is 0.279 e. The van der Waals surface area contributed by atoms with Crippen LogP contribution in [0.2, 0.25) is 10.0 Å². The minimum atomic E-state index is -0.737. The van der Waals surface area contributed by atoms with E-state index < -0.39 is 17.9 Å². The Hall–Kier alpha value is -2.44. The SMILES string of the molecule is CCC(Oc1cccc(C)c1)C(=O)NNC(=O)COc1ccc(Cl)cc1Cl. The summed E-state index contributed by atoms with van der Waals surface area (Å²) in [6.45, 7) is 3.42. The molecule has 0 fully saturated rings. The van der Waals surface area contributed by atoms with Crippen LogP contribution in [0.25, 0.3) is 0 Å². The standard InChI is InChI=1S/C19H20Cl2N2O4/c1-3-16(27-14-6-4-5-12(2)9-14)19(25)23-22-18(24)11-26-17-8-7-13(20)10-15(17)21/h4-10,16H,3,11H2,1-2H3,(H,22,24)(H,23,25). The summed E-state index contributed by atoms with van der Waals surface area (Å²) in [6, 6.07) is 12.0. The Kier molecular flexibility index (Phi) is 7.76. The van der Waals surface area contributed by atoms with E-state index in [1.54, 1.807) is 18.2 Å². The van der Waals surface area contributed by atoms with Crippen LogP contribution in [0.5, 0.6) is 11.5 Å². The number of carbonyl (C=O) groups excluding carboxylic acids is 2. The maximum absolute atomic E-state index is 12.2. The zero-order chi connectivity index (χ0) is 19.8. The van der Waals surface area contributed by atoms with Gasteiger partial charge >= 0.3 is 0 Å². The molecule has 0 bridgehead atoms. The summed E-state index contributed by atoms with van der Waals surface area (Å²) in [5, 5.41) is 0.750. The number of ether oxygens (including phenoxy) is 2. The van der Waals surface area contributed by atoms with Crippen molar-refractivity contribution >= 4 is 35.0 Å². The Balaban J connectivity index is 1.81. The molecule has 0 aliphatic rings. The van der Waals surface area contributed by atoms with E-state index >= 15 is 0 Å². The fraction of sp³-hybridized carbons (Fsp3) is 0.263. The van der Waals surface area contributed by atoms with Crippen LogP contribution in [0.1, 0.15) is 18.9 Å². The molecule has 0 saturated heterocycles. The highest BCUT2D eigenvalue weighted by atomic mass is 35.5. The lowest BCUT2D eigenvalue weighted by atomic mass is 10.2. The molecule has 1 atom stereocenters. The van der Waals surface area contributed by atoms with Crippen molar-refractivity contribution in [2.24, 2.45) is 0 Å². The van der Waals surface area contributed by atoms with Gasteiger partial charge in [0.15, 0.2) is 12.7 Å². The molecular formula is C19H20Cl2N2O4. The van der Waals surface area contributed by atoms with E-state index in [9.17, 15) is 9.59 Å². The zero-order valence-corrected chi connectivity index (χ0v) is 16.4. The van der Waals surface area contributed by atoms with Crippen molar-refractivity contribution in [3.05, 3.63) is 58.1 Å². The Morgan fingerprint density at radius 3 is 2.56 bits per heavy atom. The van der Waals surface area contributed by atoms with Gasteiger partial charge in [0.2, 0.25) is 0 Å². The Bertz CT molecular complexity index is 814. The van der Waals surface area contributed by atoms with E-state index in [0.29, 0.717) is 22.9 Å². The molecule has 2 N–H and O–H groups in total. The highest BCUT2D eigenvalue weighted by molar-refractivity contribution is 6.35. The van der Waals surface area contributed by atoms with Gasteiger partial charge in [0.05, 0.1) is 5.02 Å². The number of hydrogen-bond acceptors (Lipinski definition) is 4. The summed E-state index contributed by atoms with van der Waals surface area (Å²) in [6.07, 6.45) is -0.300. The first-order valence-electron chi connectivity index (χ1n) is 8.29. The van der Waals surface area contributed by atoms with Gasteiger partial charge in [0.25, 0.3) is 11.8 Å². The Morgan fingerprint density at radius 2 is 1.89 bits per heavy atom. The molecule has 2 aromatic carbocycles. The smallest absolute Gasteiger partial charge is 0.279 e. The average molecular weight is 411 g/mol. The normalized spacial score (nSPS) is 11.4. The first-order chi connectivity index (χ1) is 12.9. The Morgan fingerprint density at radius 1 is 1.11 bits per heavy atom. The van der Waals surface area contributed by atoms with Crippen molar-refractivity contribution in [1.82, 2.24) is 10.9 Å². The molecular weight excluding hydrogens is 391 g/mol. The summed E-state index contributed by atoms with van der Waals surface area (Å²) in [7, 11) is 0. The van der Waals surface area contributed by atoms with Crippen LogP contribution in [0.15, 0.2) is 42.5 Å². The molecule has 0 radical (unpaired) electrons. The fourth-order valence-electron chi connectivity index (χ4n) is 2.16. The maximum atomic E-state index is 12.2. The van der Waals surface area contributed by atoms with Gasteiger partial charge in [-0.3, -0.25) is 20.4 Å². The van der Waals surface area contributed by atoms with E-state index in [2.05, 4.69) is 10.9 Å². The molecule has 0 heterocycles. The van der Waals surface area contributed by atoms with E-state index in [4.69, 9.17) is 32.7 Å². The molecule has 2 rings (SSSR count). The van der Waals surface area contributed by atoms with Crippen LogP contribution in [-0.4, -0.2) is 24.5 Å². The molecule has 8 heteroatoms. The summed E-state index contributed by atoms with van der Waals surface area (Å²) in [5.74, 6) is -0.0996. The van der Waals surface area contributed by atoms with Gasteiger partial charge in [-0.2, -0.15) is 0 Å². The molecule has 1 unspecified atom stereocenters. The first kappa shape index (κ1) is 20.9. The van der Waals surface area contributed by atoms with E-state index in [0.717, 1.165) is 5.56 Å². The predicted octanol–water partition coefficient (Wildman–Crippen LogP) is 3.69. The van der Waals surface area contributed by atoms with Gasteiger partial charge in [-0.05, 0) is 49.2 Å². The predicted molar refractivity (Wildman–Crippen MR) is 104 cm³/mol. The summed E-state index contributed by atoms with van der Waals surface area (Å²) in [4.78, 5) is 24.1. The van der Waals surface area contributed by atoms with Crippen LogP contribution in [0, 0.1) is 6.92 Å². The van der Waals surface area contributed by atoms with Gasteiger partial charge in [0.1, 0.15) is 11.5 Å². The number of benzene rings is 2. The number of hydrazine groups is 1. The van der Waals surface area contributed by atoms with Crippen molar-refractivity contribution in [1.29, 1.82) is 0 Å². The lowest BCUT2D eigenvalue weighted by molar-refractivity contribution is -0.134. The van der Waals surface area contributed by atoms with Crippen molar-refractivity contribution in [2.45, 2.75) is 26.4 Å². The number of halogens is 2. The van der Waals surface area contributed by atoms with E-state index in [1.165, 1.54) is 6.07 Å². The van der Waals surface area contributed by atoms with Gasteiger partial charge in [-0.15, -0.1) is 0 Å². The van der Waals surface area contributed by atoms with Crippen LogP contribution in [-0.2, 0) is 9.59 Å². The number of aryl methyl sites for hydroxylation is 1. The second-order valence-corrected chi connectivity index (χ2v) is 6.58. The van der Waals surface area contributed by atoms with Gasteiger partial charge in [-0.25, -0.2) is 0 Å². The van der Waals surface area contributed by atoms with Crippen molar-refractivity contribution in [3.8, 4) is 11.5 Å². The van der Waals surface area contributed by atoms with Gasteiger partial charge < -0.3 is 9.47 Å². The average Bonchev–Trinajstić information content (AvgIpc) is 2.63. The van der Waals surface area contributed by atoms with Crippen LogP contribution in [0.3, 0.4) is 0 Å². The molecule has 0 aliphatic carbocycles. The van der Waals surface area contributed by atoms with Crippen LogP contribution in [0.4, 0.5) is 0 Å². The molecule has 0 aromatic heterocycles. The molecule has 0 saturated carbocycles. The molecule has 2 aromatic rings. The number of nitrogens with one attached hydrogen (secondary N) is 2. The topological polar surface area (TPSA) is 76.7 Å². The van der Waals surface area contributed by atoms with Crippen LogP contribution >= 0.6 is 23.2 Å². The van der Waals surface area contributed by atoms with Crippen molar-refractivity contribution < 1.29 is 19.1 Å². The number of hydrogen-bond donors (Lipinski definition) is 2. The molecule has 0 spiro atoms. The number of carbonyl (C=O) groups is 2. The first-order valence-corrected chi connectivity index (χ1v) is 9.04. The van der Waals surface area contributed by atoms with Crippen molar-refractivity contribution in [2.75, 3.05) is 6.61 Å². The van der Waals surface area contributed by atoms with E-state index in [1.807, 2.05) is 32.0 Å². The number of rotatable bonds is 7. The largest absolute Gasteiger partial charge is 0.482 e. The highest BCUT2D eigenvalue weighted by Crippen LogP contribution is 2.27. The molecule has 2 amide bonds. The van der Waals surface area contributed by atoms with Crippen LogP contribution < -0.4 is 20.3 Å². The monoisotopic (exact) mass is 410 g/mol. The quantitative estimate of drug-likeness (QED) is 0.682. The third-order valence-corrected chi connectivity index (χ3v) is 4.04. The lowest BCUT2D eigenvalue weighted by Gasteiger charge is -2.18. The van der Waals surface area contributed by atoms with Crippen molar-refractivity contribution in [3.63, 3.8) is 0 Å². The molecule has 144 valence electrons. The third kappa shape index (κ3) is 6.66. The minimum Gasteiger partial charge on any atom is -0.482 e. The fourth-order valence-corrected chi connectivity index (χ4v) is 2.62. The third-order valence-electron chi connectivity index (χ3n) is 3.51. The summed E-state index contributed by atoms with van der Waals surface area (Å²) < 4.78 is 11.0. The number of amides is 2. The second-order valence-electron chi connectivity index (χ2n) is 5.73. The van der Waals surface area contributed by atoms with Gasteiger partial charge in [-0.1, -0.05) is 42.3 Å². The van der Waals surface area contributed by atoms with Gasteiger partial charge in [0, 0.05) is 5.02 Å². The Labute approximate surface area is 167 Å². The minimum absolute atomic E-state index is 0.289. The molecule has 6 nitrogen and oxygen atoms in total. The molecule has 0 aliphatic heterocycles. The highest BCUT2D eigenvalue weighted by Gasteiger charge is 2.19. The molecule has 27 heavy (non-hydrogen) atoms. The summed E-state index contributed by atoms with van der Waals surface area (Å²) >= 11 is 11.8. The zero-order valence-electron chi connectivity index (χ0n) is 14.9. The second kappa shape index (κ2) is 10.0. The summed E-state index contributed by atoms with van der Waals surface area (Å²) in [5.41, 5.74) is 5.64.